The second-order valence-electron chi connectivity index (χ2n) is 9.05. The van der Waals surface area contributed by atoms with E-state index < -0.39 is 0 Å². The summed E-state index contributed by atoms with van der Waals surface area (Å²) in [5, 5.41) is 36.9. The Labute approximate surface area is 196 Å². The molecule has 3 aromatic heterocycles. The van der Waals surface area contributed by atoms with Crippen molar-refractivity contribution in [3.05, 3.63) is 64.2 Å². The minimum Gasteiger partial charge on any atom is -0.470 e. The predicted molar refractivity (Wildman–Crippen MR) is 123 cm³/mol. The van der Waals surface area contributed by atoms with Crippen LogP contribution in [0.1, 0.15) is 67.7 Å². The summed E-state index contributed by atoms with van der Waals surface area (Å²) in [6, 6.07) is 6.40. The van der Waals surface area contributed by atoms with Crippen LogP contribution in [0, 0.1) is 10.8 Å². The lowest BCUT2D eigenvalue weighted by Crippen LogP contribution is -2.32. The fourth-order valence-electron chi connectivity index (χ4n) is 3.01. The molecule has 0 radical (unpaired) electrons. The van der Waals surface area contributed by atoms with Crippen molar-refractivity contribution in [1.82, 2.24) is 25.2 Å². The van der Waals surface area contributed by atoms with Gasteiger partial charge in [0.05, 0.1) is 11.3 Å². The molecule has 0 saturated carbocycles. The number of hydrogen-bond acceptors (Lipinski definition) is 9. The van der Waals surface area contributed by atoms with E-state index in [1.54, 1.807) is 18.2 Å². The van der Waals surface area contributed by atoms with E-state index in [4.69, 9.17) is 20.1 Å². The number of carbonyl (C=O) groups is 1. The topological polar surface area (TPSA) is 163 Å². The molecule has 0 bridgehead atoms. The molecule has 0 unspecified atom stereocenters. The Balaban J connectivity index is 1.87. The van der Waals surface area contributed by atoms with Gasteiger partial charge in [-0.1, -0.05) is 25.9 Å². The molecule has 0 fully saturated rings. The van der Waals surface area contributed by atoms with Crippen LogP contribution < -0.4 is 15.5 Å². The second kappa shape index (κ2) is 9.96. The van der Waals surface area contributed by atoms with Gasteiger partial charge in [-0.15, -0.1) is 5.10 Å². The molecule has 0 aromatic carbocycles. The number of nitrogens with zero attached hydrogens (tertiary/aromatic N) is 4. The molecule has 0 saturated heterocycles. The summed E-state index contributed by atoms with van der Waals surface area (Å²) in [5.74, 6) is 0.0423. The molecule has 3 rings (SSSR count). The highest BCUT2D eigenvalue weighted by Crippen LogP contribution is 2.28. The van der Waals surface area contributed by atoms with Gasteiger partial charge in [0, 0.05) is 23.9 Å². The van der Waals surface area contributed by atoms with Crippen LogP contribution in [0.15, 0.2) is 35.0 Å². The normalized spacial score (nSPS) is 11.5. The van der Waals surface area contributed by atoms with Crippen molar-refractivity contribution < 1.29 is 19.2 Å². The molecule has 0 aliphatic heterocycles. The highest BCUT2D eigenvalue weighted by molar-refractivity contribution is 5.95. The average Bonchev–Trinajstić information content (AvgIpc) is 3.26. The Bertz CT molecular complexity index is 1240. The summed E-state index contributed by atoms with van der Waals surface area (Å²) in [7, 11) is 0. The van der Waals surface area contributed by atoms with Gasteiger partial charge in [0.15, 0.2) is 17.3 Å². The minimum absolute atomic E-state index is 0.0234. The van der Waals surface area contributed by atoms with Crippen LogP contribution in [0.3, 0.4) is 0 Å². The molecule has 3 aromatic rings. The van der Waals surface area contributed by atoms with Crippen LogP contribution in [0.4, 0.5) is 0 Å². The summed E-state index contributed by atoms with van der Waals surface area (Å²) in [5.41, 5.74) is 1.43. The minimum atomic E-state index is -0.385. The van der Waals surface area contributed by atoms with Crippen LogP contribution in [0.2, 0.25) is 0 Å². The first-order valence-corrected chi connectivity index (χ1v) is 10.7. The molecule has 0 spiro atoms. The van der Waals surface area contributed by atoms with Gasteiger partial charge in [0.25, 0.3) is 5.91 Å². The number of aliphatic hydroxyl groups excluding tert-OH is 1. The molecule has 0 aliphatic carbocycles. The number of hydrogen-bond donors (Lipinski definition) is 4. The third-order valence-corrected chi connectivity index (χ3v) is 4.77. The van der Waals surface area contributed by atoms with E-state index in [2.05, 4.69) is 20.6 Å². The molecule has 11 nitrogen and oxygen atoms in total. The number of rotatable bonds is 7. The van der Waals surface area contributed by atoms with Crippen LogP contribution in [-0.2, 0) is 18.6 Å². The molecule has 1 amide bonds. The summed E-state index contributed by atoms with van der Waals surface area (Å²) >= 11 is 0. The Morgan fingerprint density at radius 2 is 2.03 bits per heavy atom. The lowest BCUT2D eigenvalue weighted by molar-refractivity contribution is 0.0942. The first-order valence-electron chi connectivity index (χ1n) is 10.7. The van der Waals surface area contributed by atoms with Gasteiger partial charge < -0.3 is 19.7 Å². The molecule has 0 aliphatic rings. The summed E-state index contributed by atoms with van der Waals surface area (Å²) in [6.45, 7) is 9.40. The van der Waals surface area contributed by atoms with Crippen molar-refractivity contribution in [3.8, 4) is 5.88 Å². The maximum atomic E-state index is 12.1. The monoisotopic (exact) mass is 467 g/mol. The first-order chi connectivity index (χ1) is 16.0. The van der Waals surface area contributed by atoms with Crippen molar-refractivity contribution in [2.45, 2.75) is 59.3 Å². The Kier molecular flexibility index (Phi) is 7.26. The molecule has 0 atom stereocenters. The standard InChI is InChI=1S/C23H29N7O4/c1-13(2)27-21(32)14-6-7-15(26-10-14)12-33-22-17(23(3,4)5)9-19(24)30(28-22)20(25)18-8-16(11-31)34-29-18/h6-10,13,24-25,31H,11-12H2,1-5H3,(H,27,32). The zero-order valence-electron chi connectivity index (χ0n) is 19.8. The maximum Gasteiger partial charge on any atom is 0.253 e. The van der Waals surface area contributed by atoms with E-state index in [9.17, 15) is 9.90 Å². The quantitative estimate of drug-likeness (QED) is 0.305. The Hall–Kier alpha value is -3.86. The second-order valence-corrected chi connectivity index (χ2v) is 9.05. The smallest absolute Gasteiger partial charge is 0.253 e. The largest absolute Gasteiger partial charge is 0.470 e. The molecular formula is C23H29N7O4. The van der Waals surface area contributed by atoms with Gasteiger partial charge in [-0.05, 0) is 37.5 Å². The Morgan fingerprint density at radius 1 is 1.29 bits per heavy atom. The highest BCUT2D eigenvalue weighted by atomic mass is 16.5. The van der Waals surface area contributed by atoms with Crippen molar-refractivity contribution in [3.63, 3.8) is 0 Å². The van der Waals surface area contributed by atoms with E-state index in [1.165, 1.54) is 12.3 Å². The molecule has 11 heteroatoms. The number of aromatic nitrogens is 4. The van der Waals surface area contributed by atoms with E-state index in [-0.39, 0.29) is 59.2 Å². The van der Waals surface area contributed by atoms with E-state index in [0.29, 0.717) is 16.8 Å². The van der Waals surface area contributed by atoms with Crippen molar-refractivity contribution in [1.29, 1.82) is 10.8 Å². The summed E-state index contributed by atoms with van der Waals surface area (Å²) in [4.78, 5) is 16.4. The molecule has 180 valence electrons. The maximum absolute atomic E-state index is 12.1. The van der Waals surface area contributed by atoms with Crippen molar-refractivity contribution >= 4 is 11.7 Å². The number of nitrogens with one attached hydrogen (secondary N) is 3. The average molecular weight is 468 g/mol. The zero-order chi connectivity index (χ0) is 25.0. The number of ether oxygens (including phenoxy) is 1. The Morgan fingerprint density at radius 3 is 2.59 bits per heavy atom. The van der Waals surface area contributed by atoms with Crippen LogP contribution in [0.25, 0.3) is 0 Å². The van der Waals surface area contributed by atoms with Crippen LogP contribution in [-0.4, -0.2) is 42.8 Å². The molecular weight excluding hydrogens is 438 g/mol. The van der Waals surface area contributed by atoms with E-state index >= 15 is 0 Å². The van der Waals surface area contributed by atoms with Crippen molar-refractivity contribution in [2.24, 2.45) is 0 Å². The van der Waals surface area contributed by atoms with Gasteiger partial charge in [-0.25, -0.2) is 0 Å². The van der Waals surface area contributed by atoms with Crippen molar-refractivity contribution in [2.75, 3.05) is 0 Å². The lowest BCUT2D eigenvalue weighted by atomic mass is 9.88. The first kappa shape index (κ1) is 24.8. The summed E-state index contributed by atoms with van der Waals surface area (Å²) < 4.78 is 12.0. The zero-order valence-corrected chi connectivity index (χ0v) is 19.8. The summed E-state index contributed by atoms with van der Waals surface area (Å²) in [6.07, 6.45) is 1.49. The number of amides is 1. The number of aliphatic hydroxyl groups is 1. The number of carbonyl (C=O) groups excluding carboxylic acids is 1. The van der Waals surface area contributed by atoms with Gasteiger partial charge in [0.2, 0.25) is 5.88 Å². The van der Waals surface area contributed by atoms with Gasteiger partial charge in [0.1, 0.15) is 18.7 Å². The van der Waals surface area contributed by atoms with E-state index in [0.717, 1.165) is 4.68 Å². The molecule has 4 N–H and O–H groups in total. The van der Waals surface area contributed by atoms with Crippen LogP contribution >= 0.6 is 0 Å². The lowest BCUT2D eigenvalue weighted by Gasteiger charge is -2.22. The van der Waals surface area contributed by atoms with Gasteiger partial charge in [-0.3, -0.25) is 20.6 Å². The van der Waals surface area contributed by atoms with Gasteiger partial charge >= 0.3 is 0 Å². The van der Waals surface area contributed by atoms with Gasteiger partial charge in [-0.2, -0.15) is 4.68 Å². The third kappa shape index (κ3) is 5.73. The third-order valence-electron chi connectivity index (χ3n) is 4.77. The van der Waals surface area contributed by atoms with E-state index in [1.807, 2.05) is 34.6 Å². The molecule has 3 heterocycles. The highest BCUT2D eigenvalue weighted by Gasteiger charge is 2.24. The fraction of sp³-hybridized carbons (Fsp3) is 0.391. The SMILES string of the molecule is CC(C)NC(=O)c1ccc(COc2nn(C(=N)c3cc(CO)on3)c(=N)cc2C(C)(C)C)nc1. The van der Waals surface area contributed by atoms with Crippen LogP contribution in [0.5, 0.6) is 5.88 Å². The number of pyridine rings is 1. The molecule has 34 heavy (non-hydrogen) atoms. The predicted octanol–water partition coefficient (Wildman–Crippen LogP) is 2.13. The fourth-order valence-corrected chi connectivity index (χ4v) is 3.01.